The van der Waals surface area contributed by atoms with Gasteiger partial charge in [-0.15, -0.1) is 0 Å². The maximum Gasteiger partial charge on any atom is 0.123 e. The molecule has 0 bridgehead atoms. The minimum atomic E-state index is 0.309. The van der Waals surface area contributed by atoms with Crippen LogP contribution < -0.4 is 4.74 Å². The van der Waals surface area contributed by atoms with Crippen LogP contribution in [0, 0.1) is 0 Å². The summed E-state index contributed by atoms with van der Waals surface area (Å²) in [6, 6.07) is 5.76. The van der Waals surface area contributed by atoms with Crippen LogP contribution >= 0.6 is 11.6 Å². The Morgan fingerprint density at radius 1 is 1.55 bits per heavy atom. The molecule has 0 spiro atoms. The number of benzene rings is 1. The summed E-state index contributed by atoms with van der Waals surface area (Å²) in [7, 11) is 0. The van der Waals surface area contributed by atoms with Crippen LogP contribution in [-0.4, -0.2) is 6.10 Å². The van der Waals surface area contributed by atoms with Crippen LogP contribution in [0.15, 0.2) is 18.2 Å². The van der Waals surface area contributed by atoms with Crippen molar-refractivity contribution in [2.75, 3.05) is 0 Å². The Balaban J connectivity index is 2.43. The first kappa shape index (κ1) is 6.99. The summed E-state index contributed by atoms with van der Waals surface area (Å²) in [6.07, 6.45) is 1.29. The molecule has 1 aliphatic rings. The lowest BCUT2D eigenvalue weighted by molar-refractivity contribution is 0.254. The van der Waals surface area contributed by atoms with Crippen LogP contribution in [-0.2, 0) is 6.42 Å². The highest BCUT2D eigenvalue weighted by Gasteiger charge is 2.18. The Kier molecular flexibility index (Phi) is 1.53. The van der Waals surface area contributed by atoms with Gasteiger partial charge in [0.15, 0.2) is 0 Å². The van der Waals surface area contributed by atoms with E-state index in [0.717, 1.165) is 17.2 Å². The van der Waals surface area contributed by atoms with E-state index in [1.807, 2.05) is 18.2 Å². The minimum Gasteiger partial charge on any atom is -0.490 e. The van der Waals surface area contributed by atoms with Crippen LogP contribution in [0.25, 0.3) is 0 Å². The fourth-order valence-electron chi connectivity index (χ4n) is 1.39. The molecule has 0 aliphatic carbocycles. The standard InChI is InChI=1S/C9H9ClO/c1-6-4-7-5-8(10)2-3-9(7)11-6/h2-3,5-6H,4H2,1H3/t6-/m0/s1. The van der Waals surface area contributed by atoms with Crippen molar-refractivity contribution in [2.24, 2.45) is 0 Å². The monoisotopic (exact) mass is 168 g/mol. The summed E-state index contributed by atoms with van der Waals surface area (Å²) in [5.41, 5.74) is 1.23. The zero-order valence-corrected chi connectivity index (χ0v) is 7.06. The second kappa shape index (κ2) is 2.42. The van der Waals surface area contributed by atoms with Crippen molar-refractivity contribution in [2.45, 2.75) is 19.4 Å². The molecule has 2 heteroatoms. The van der Waals surface area contributed by atoms with Crippen molar-refractivity contribution in [3.63, 3.8) is 0 Å². The van der Waals surface area contributed by atoms with E-state index in [1.165, 1.54) is 5.56 Å². The molecule has 1 aromatic carbocycles. The quantitative estimate of drug-likeness (QED) is 0.579. The van der Waals surface area contributed by atoms with Gasteiger partial charge < -0.3 is 4.74 Å². The number of hydrogen-bond donors (Lipinski definition) is 0. The lowest BCUT2D eigenvalue weighted by Crippen LogP contribution is -2.05. The van der Waals surface area contributed by atoms with E-state index in [2.05, 4.69) is 6.92 Å². The average Bonchev–Trinajstić information content (AvgIpc) is 2.27. The third kappa shape index (κ3) is 1.21. The molecule has 58 valence electrons. The van der Waals surface area contributed by atoms with Crippen molar-refractivity contribution in [3.8, 4) is 5.75 Å². The van der Waals surface area contributed by atoms with Crippen LogP contribution in [0.4, 0.5) is 0 Å². The Morgan fingerprint density at radius 2 is 2.36 bits per heavy atom. The van der Waals surface area contributed by atoms with Gasteiger partial charge in [0.25, 0.3) is 0 Å². The molecule has 11 heavy (non-hydrogen) atoms. The molecule has 0 aromatic heterocycles. The first-order valence-corrected chi connectivity index (χ1v) is 4.08. The lowest BCUT2D eigenvalue weighted by atomic mass is 10.1. The van der Waals surface area contributed by atoms with Gasteiger partial charge in [0.1, 0.15) is 11.9 Å². The molecule has 1 atom stereocenters. The van der Waals surface area contributed by atoms with E-state index in [0.29, 0.717) is 6.10 Å². The summed E-state index contributed by atoms with van der Waals surface area (Å²) in [5.74, 6) is 0.988. The number of halogens is 1. The summed E-state index contributed by atoms with van der Waals surface area (Å²) < 4.78 is 5.50. The molecule has 0 amide bonds. The van der Waals surface area contributed by atoms with Crippen LogP contribution in [0.2, 0.25) is 5.02 Å². The van der Waals surface area contributed by atoms with E-state index in [9.17, 15) is 0 Å². The number of ether oxygens (including phenoxy) is 1. The van der Waals surface area contributed by atoms with Gasteiger partial charge in [-0.1, -0.05) is 11.6 Å². The van der Waals surface area contributed by atoms with Gasteiger partial charge in [-0.05, 0) is 30.7 Å². The Bertz CT molecular complexity index is 283. The molecule has 0 saturated heterocycles. The predicted octanol–water partition coefficient (Wildman–Crippen LogP) is 2.66. The van der Waals surface area contributed by atoms with E-state index >= 15 is 0 Å². The van der Waals surface area contributed by atoms with Crippen LogP contribution in [0.5, 0.6) is 5.75 Å². The smallest absolute Gasteiger partial charge is 0.123 e. The SMILES string of the molecule is C[C@H]1Cc2cc(Cl)ccc2O1. The minimum absolute atomic E-state index is 0.309. The van der Waals surface area contributed by atoms with Gasteiger partial charge in [-0.3, -0.25) is 0 Å². The number of fused-ring (bicyclic) bond motifs is 1. The topological polar surface area (TPSA) is 9.23 Å². The van der Waals surface area contributed by atoms with Crippen LogP contribution in [0.3, 0.4) is 0 Å². The third-order valence-corrected chi connectivity index (χ3v) is 2.09. The Morgan fingerprint density at radius 3 is 3.18 bits per heavy atom. The zero-order chi connectivity index (χ0) is 7.84. The van der Waals surface area contributed by atoms with Gasteiger partial charge in [-0.2, -0.15) is 0 Å². The second-order valence-corrected chi connectivity index (χ2v) is 3.32. The number of hydrogen-bond acceptors (Lipinski definition) is 1. The number of rotatable bonds is 0. The van der Waals surface area contributed by atoms with Crippen molar-refractivity contribution in [1.82, 2.24) is 0 Å². The maximum atomic E-state index is 5.82. The van der Waals surface area contributed by atoms with E-state index in [-0.39, 0.29) is 0 Å². The van der Waals surface area contributed by atoms with Crippen molar-refractivity contribution in [1.29, 1.82) is 0 Å². The Labute approximate surface area is 70.9 Å². The van der Waals surface area contributed by atoms with Crippen LogP contribution in [0.1, 0.15) is 12.5 Å². The van der Waals surface area contributed by atoms with Crippen molar-refractivity contribution >= 4 is 11.6 Å². The fraction of sp³-hybridized carbons (Fsp3) is 0.333. The molecule has 0 radical (unpaired) electrons. The molecule has 1 aliphatic heterocycles. The van der Waals surface area contributed by atoms with Gasteiger partial charge in [-0.25, -0.2) is 0 Å². The normalized spacial score (nSPS) is 21.1. The van der Waals surface area contributed by atoms with Crippen molar-refractivity contribution in [3.05, 3.63) is 28.8 Å². The summed E-state index contributed by atoms with van der Waals surface area (Å²) in [4.78, 5) is 0. The molecule has 2 rings (SSSR count). The molecule has 0 fully saturated rings. The second-order valence-electron chi connectivity index (χ2n) is 2.88. The van der Waals surface area contributed by atoms with E-state index in [1.54, 1.807) is 0 Å². The Hall–Kier alpha value is -0.690. The molecule has 0 unspecified atom stereocenters. The van der Waals surface area contributed by atoms with Gasteiger partial charge in [0, 0.05) is 11.4 Å². The fourth-order valence-corrected chi connectivity index (χ4v) is 1.59. The molecule has 1 nitrogen and oxygen atoms in total. The van der Waals surface area contributed by atoms with E-state index in [4.69, 9.17) is 16.3 Å². The lowest BCUT2D eigenvalue weighted by Gasteiger charge is -2.00. The first-order chi connectivity index (χ1) is 5.25. The van der Waals surface area contributed by atoms with Gasteiger partial charge >= 0.3 is 0 Å². The molecule has 0 saturated carbocycles. The molecule has 1 aromatic rings. The summed E-state index contributed by atoms with van der Waals surface area (Å²) in [6.45, 7) is 2.06. The predicted molar refractivity (Wildman–Crippen MR) is 45.2 cm³/mol. The zero-order valence-electron chi connectivity index (χ0n) is 6.30. The molecular weight excluding hydrogens is 160 g/mol. The molecule has 0 N–H and O–H groups in total. The van der Waals surface area contributed by atoms with E-state index < -0.39 is 0 Å². The highest BCUT2D eigenvalue weighted by molar-refractivity contribution is 6.30. The maximum absolute atomic E-state index is 5.82. The summed E-state index contributed by atoms with van der Waals surface area (Å²) >= 11 is 5.82. The summed E-state index contributed by atoms with van der Waals surface area (Å²) in [5, 5.41) is 0.793. The third-order valence-electron chi connectivity index (χ3n) is 1.86. The average molecular weight is 169 g/mol. The molecular formula is C9H9ClO. The largest absolute Gasteiger partial charge is 0.490 e. The molecule has 1 heterocycles. The van der Waals surface area contributed by atoms with Gasteiger partial charge in [0.05, 0.1) is 0 Å². The van der Waals surface area contributed by atoms with Gasteiger partial charge in [0.2, 0.25) is 0 Å². The van der Waals surface area contributed by atoms with Crippen molar-refractivity contribution < 1.29 is 4.74 Å². The highest BCUT2D eigenvalue weighted by Crippen LogP contribution is 2.30. The first-order valence-electron chi connectivity index (χ1n) is 3.71. The highest BCUT2D eigenvalue weighted by atomic mass is 35.5.